The van der Waals surface area contributed by atoms with Gasteiger partial charge in [-0.3, -0.25) is 0 Å². The van der Waals surface area contributed by atoms with Gasteiger partial charge in [-0.15, -0.1) is 0 Å². The minimum absolute atomic E-state index is 0.281. The van der Waals surface area contributed by atoms with E-state index in [0.29, 0.717) is 16.5 Å². The van der Waals surface area contributed by atoms with Crippen molar-refractivity contribution in [2.24, 2.45) is 0 Å². The molecule has 5 heteroatoms. The second kappa shape index (κ2) is 8.05. The number of halogens is 2. The molecule has 0 aromatic heterocycles. The van der Waals surface area contributed by atoms with Crippen LogP contribution in [0.2, 0.25) is 10.0 Å². The van der Waals surface area contributed by atoms with Gasteiger partial charge in [0.05, 0.1) is 16.1 Å². The van der Waals surface area contributed by atoms with Gasteiger partial charge in [-0.05, 0) is 42.3 Å². The molecule has 30 heavy (non-hydrogen) atoms. The second-order valence-corrected chi connectivity index (χ2v) is 9.36. The molecular weight excluding hydrogens is 417 g/mol. The largest absolute Gasteiger partial charge is 0.486 e. The molecule has 1 N–H and O–H groups in total. The van der Waals surface area contributed by atoms with Crippen LogP contribution >= 0.6 is 23.2 Å². The van der Waals surface area contributed by atoms with Gasteiger partial charge in [-0.2, -0.15) is 0 Å². The fourth-order valence-corrected chi connectivity index (χ4v) is 5.15. The number of aliphatic hydroxyl groups excluding tert-OH is 1. The summed E-state index contributed by atoms with van der Waals surface area (Å²) in [6, 6.07) is 18.2. The molecule has 1 saturated heterocycles. The van der Waals surface area contributed by atoms with E-state index in [4.69, 9.17) is 27.9 Å². The molecule has 3 aromatic carbocycles. The van der Waals surface area contributed by atoms with Gasteiger partial charge in [0.1, 0.15) is 11.4 Å². The molecule has 0 bridgehead atoms. The molecule has 2 aliphatic heterocycles. The average molecular weight is 442 g/mol. The van der Waals surface area contributed by atoms with Crippen LogP contribution in [-0.4, -0.2) is 35.2 Å². The molecule has 156 valence electrons. The lowest BCUT2D eigenvalue weighted by atomic mass is 9.81. The Morgan fingerprint density at radius 2 is 1.80 bits per heavy atom. The predicted molar refractivity (Wildman–Crippen MR) is 123 cm³/mol. The molecule has 1 fully saturated rings. The van der Waals surface area contributed by atoms with Crippen LogP contribution < -0.4 is 4.74 Å². The van der Waals surface area contributed by atoms with Crippen LogP contribution in [0.1, 0.15) is 36.5 Å². The SMILES string of the molecule is OC1CC2(CCN(CCc3ccc(Cl)c(Cl)c3)CC2)Oc2c1ccc1ccccc21. The summed E-state index contributed by atoms with van der Waals surface area (Å²) in [4.78, 5) is 2.47. The van der Waals surface area contributed by atoms with Gasteiger partial charge in [0.2, 0.25) is 0 Å². The maximum atomic E-state index is 10.9. The van der Waals surface area contributed by atoms with Gasteiger partial charge in [-0.1, -0.05) is 65.7 Å². The molecule has 1 spiro atoms. The number of piperidine rings is 1. The number of rotatable bonds is 3. The summed E-state index contributed by atoms with van der Waals surface area (Å²) >= 11 is 12.2. The summed E-state index contributed by atoms with van der Waals surface area (Å²) in [6.07, 6.45) is 2.99. The Kier molecular flexibility index (Phi) is 5.40. The van der Waals surface area contributed by atoms with E-state index in [0.717, 1.165) is 61.0 Å². The van der Waals surface area contributed by atoms with Crippen molar-refractivity contribution in [3.63, 3.8) is 0 Å². The van der Waals surface area contributed by atoms with Gasteiger partial charge in [-0.25, -0.2) is 0 Å². The zero-order valence-electron chi connectivity index (χ0n) is 16.8. The van der Waals surface area contributed by atoms with Crippen LogP contribution in [0.3, 0.4) is 0 Å². The van der Waals surface area contributed by atoms with Crippen LogP contribution in [0, 0.1) is 0 Å². The van der Waals surface area contributed by atoms with Gasteiger partial charge in [0.25, 0.3) is 0 Å². The minimum Gasteiger partial charge on any atom is -0.486 e. The first-order chi connectivity index (χ1) is 14.5. The number of hydrogen-bond donors (Lipinski definition) is 1. The Balaban J connectivity index is 1.28. The number of nitrogens with zero attached hydrogens (tertiary/aromatic N) is 1. The third-order valence-electron chi connectivity index (χ3n) is 6.62. The van der Waals surface area contributed by atoms with E-state index in [1.165, 1.54) is 5.56 Å². The first-order valence-electron chi connectivity index (χ1n) is 10.6. The number of ether oxygens (including phenoxy) is 1. The van der Waals surface area contributed by atoms with Crippen molar-refractivity contribution in [3.05, 3.63) is 75.8 Å². The molecule has 2 heterocycles. The Labute approximate surface area is 187 Å². The molecule has 3 aromatic rings. The lowest BCUT2D eigenvalue weighted by molar-refractivity contribution is -0.0525. The van der Waals surface area contributed by atoms with Crippen LogP contribution in [-0.2, 0) is 6.42 Å². The Morgan fingerprint density at radius 3 is 2.60 bits per heavy atom. The standard InChI is InChI=1S/C25H25Cl2NO2/c26-21-8-5-17(15-22(21)27)9-12-28-13-10-25(11-14-28)16-23(29)20-7-6-18-3-1-2-4-19(18)24(20)30-25/h1-8,15,23,29H,9-14,16H2. The van der Waals surface area contributed by atoms with E-state index in [1.54, 1.807) is 0 Å². The topological polar surface area (TPSA) is 32.7 Å². The second-order valence-electron chi connectivity index (χ2n) is 8.55. The van der Waals surface area contributed by atoms with Gasteiger partial charge in [0, 0.05) is 37.0 Å². The maximum absolute atomic E-state index is 10.9. The monoisotopic (exact) mass is 441 g/mol. The molecule has 0 amide bonds. The molecule has 1 unspecified atom stereocenters. The fourth-order valence-electron chi connectivity index (χ4n) is 4.83. The van der Waals surface area contributed by atoms with Gasteiger partial charge in [0.15, 0.2) is 0 Å². The summed E-state index contributed by atoms with van der Waals surface area (Å²) in [6.45, 7) is 2.92. The first-order valence-corrected chi connectivity index (χ1v) is 11.3. The molecule has 5 rings (SSSR count). The lowest BCUT2D eigenvalue weighted by Gasteiger charge is -2.46. The minimum atomic E-state index is -0.471. The fraction of sp³-hybridized carbons (Fsp3) is 0.360. The normalized spacial score (nSPS) is 20.8. The van der Waals surface area contributed by atoms with E-state index < -0.39 is 6.10 Å². The van der Waals surface area contributed by atoms with E-state index >= 15 is 0 Å². The quantitative estimate of drug-likeness (QED) is 0.537. The number of hydrogen-bond acceptors (Lipinski definition) is 3. The van der Waals surface area contributed by atoms with Crippen molar-refractivity contribution in [2.45, 2.75) is 37.4 Å². The number of fused-ring (bicyclic) bond motifs is 3. The molecule has 0 radical (unpaired) electrons. The Hall–Kier alpha value is -1.78. The average Bonchev–Trinajstić information content (AvgIpc) is 2.76. The number of likely N-dealkylation sites (tertiary alicyclic amines) is 1. The van der Waals surface area contributed by atoms with E-state index in [1.807, 2.05) is 36.4 Å². The summed E-state index contributed by atoms with van der Waals surface area (Å²) in [5.74, 6) is 0.871. The van der Waals surface area contributed by atoms with Crippen molar-refractivity contribution >= 4 is 34.0 Å². The highest BCUT2D eigenvalue weighted by Gasteiger charge is 2.43. The van der Waals surface area contributed by atoms with Crippen LogP contribution in [0.5, 0.6) is 5.75 Å². The van der Waals surface area contributed by atoms with E-state index in [-0.39, 0.29) is 5.60 Å². The van der Waals surface area contributed by atoms with Gasteiger partial charge < -0.3 is 14.7 Å². The zero-order valence-corrected chi connectivity index (χ0v) is 18.3. The Morgan fingerprint density at radius 1 is 1.00 bits per heavy atom. The predicted octanol–water partition coefficient (Wildman–Crippen LogP) is 6.04. The summed E-state index contributed by atoms with van der Waals surface area (Å²) < 4.78 is 6.67. The van der Waals surface area contributed by atoms with Crippen LogP contribution in [0.25, 0.3) is 10.8 Å². The third kappa shape index (κ3) is 3.80. The molecule has 3 nitrogen and oxygen atoms in total. The highest BCUT2D eigenvalue weighted by Crippen LogP contribution is 2.47. The highest BCUT2D eigenvalue weighted by atomic mass is 35.5. The number of benzene rings is 3. The molecule has 0 aliphatic carbocycles. The van der Waals surface area contributed by atoms with Crippen molar-refractivity contribution in [2.75, 3.05) is 19.6 Å². The van der Waals surface area contributed by atoms with E-state index in [9.17, 15) is 5.11 Å². The van der Waals surface area contributed by atoms with Crippen molar-refractivity contribution in [3.8, 4) is 5.75 Å². The smallest absolute Gasteiger partial charge is 0.133 e. The number of aliphatic hydroxyl groups is 1. The third-order valence-corrected chi connectivity index (χ3v) is 7.36. The molecule has 2 aliphatic rings. The van der Waals surface area contributed by atoms with E-state index in [2.05, 4.69) is 23.1 Å². The van der Waals surface area contributed by atoms with Crippen LogP contribution in [0.4, 0.5) is 0 Å². The van der Waals surface area contributed by atoms with Crippen molar-refractivity contribution < 1.29 is 9.84 Å². The van der Waals surface area contributed by atoms with Crippen LogP contribution in [0.15, 0.2) is 54.6 Å². The highest BCUT2D eigenvalue weighted by molar-refractivity contribution is 6.42. The van der Waals surface area contributed by atoms with Gasteiger partial charge >= 0.3 is 0 Å². The lowest BCUT2D eigenvalue weighted by Crippen LogP contribution is -2.50. The maximum Gasteiger partial charge on any atom is 0.133 e. The molecule has 0 saturated carbocycles. The Bertz CT molecular complexity index is 1080. The molecule has 1 atom stereocenters. The first kappa shape index (κ1) is 20.1. The molecular formula is C25H25Cl2NO2. The summed E-state index contributed by atoms with van der Waals surface area (Å²) in [5, 5.41) is 14.3. The summed E-state index contributed by atoms with van der Waals surface area (Å²) in [7, 11) is 0. The van der Waals surface area contributed by atoms with Crippen molar-refractivity contribution in [1.29, 1.82) is 0 Å². The summed E-state index contributed by atoms with van der Waals surface area (Å²) in [5.41, 5.74) is 1.84. The zero-order chi connectivity index (χ0) is 20.7. The van der Waals surface area contributed by atoms with Crippen molar-refractivity contribution in [1.82, 2.24) is 4.90 Å².